The summed E-state index contributed by atoms with van der Waals surface area (Å²) in [6.07, 6.45) is 5.30. The van der Waals surface area contributed by atoms with Crippen molar-refractivity contribution in [2.24, 2.45) is 5.92 Å². The summed E-state index contributed by atoms with van der Waals surface area (Å²) in [5, 5.41) is 3.04. The lowest BCUT2D eigenvalue weighted by atomic mass is 10.3. The number of nitrogens with two attached hydrogens (primary N) is 1. The number of carbonyl (C=O) groups excluding carboxylic acids is 1. The Bertz CT molecular complexity index is 433. The molecule has 1 amide bonds. The van der Waals surface area contributed by atoms with Crippen molar-refractivity contribution in [1.82, 2.24) is 9.88 Å². The van der Waals surface area contributed by atoms with Crippen molar-refractivity contribution in [1.29, 1.82) is 0 Å². The zero-order valence-corrected chi connectivity index (χ0v) is 9.44. The molecule has 2 atom stereocenters. The molecular formula is C12H17N3O. The second kappa shape index (κ2) is 3.27. The van der Waals surface area contributed by atoms with E-state index in [9.17, 15) is 4.79 Å². The maximum atomic E-state index is 12.0. The second-order valence-electron chi connectivity index (χ2n) is 5.09. The van der Waals surface area contributed by atoms with Crippen molar-refractivity contribution in [3.8, 4) is 0 Å². The predicted molar refractivity (Wildman–Crippen MR) is 62.2 cm³/mol. The monoisotopic (exact) mass is 219 g/mol. The summed E-state index contributed by atoms with van der Waals surface area (Å²) >= 11 is 0. The summed E-state index contributed by atoms with van der Waals surface area (Å²) in [7, 11) is 0. The highest BCUT2D eigenvalue weighted by Crippen LogP contribution is 2.37. The van der Waals surface area contributed by atoms with Crippen LogP contribution >= 0.6 is 0 Å². The molecule has 4 nitrogen and oxygen atoms in total. The van der Waals surface area contributed by atoms with Gasteiger partial charge in [0, 0.05) is 18.3 Å². The molecule has 4 heteroatoms. The minimum absolute atomic E-state index is 0.0259. The third kappa shape index (κ3) is 1.68. The molecule has 2 unspecified atom stereocenters. The summed E-state index contributed by atoms with van der Waals surface area (Å²) < 4.78 is 2.03. The van der Waals surface area contributed by atoms with Crippen LogP contribution in [0.25, 0.3) is 0 Å². The fourth-order valence-corrected chi connectivity index (χ4v) is 2.10. The molecule has 2 aliphatic carbocycles. The number of aromatic nitrogens is 1. The second-order valence-corrected chi connectivity index (χ2v) is 5.09. The van der Waals surface area contributed by atoms with Crippen molar-refractivity contribution >= 4 is 11.6 Å². The SMILES string of the molecule is CC1CC1NC(=O)c1cc(N)cn1C1CC1. The first-order valence-corrected chi connectivity index (χ1v) is 5.93. The van der Waals surface area contributed by atoms with Gasteiger partial charge in [-0.2, -0.15) is 0 Å². The first kappa shape index (κ1) is 9.75. The van der Waals surface area contributed by atoms with Crippen molar-refractivity contribution < 1.29 is 4.79 Å². The maximum Gasteiger partial charge on any atom is 0.268 e. The smallest absolute Gasteiger partial charge is 0.268 e. The van der Waals surface area contributed by atoms with Crippen molar-refractivity contribution in [3.05, 3.63) is 18.0 Å². The van der Waals surface area contributed by atoms with E-state index in [-0.39, 0.29) is 5.91 Å². The number of nitrogens with one attached hydrogen (secondary N) is 1. The highest BCUT2D eigenvalue weighted by Gasteiger charge is 2.35. The molecule has 0 aliphatic heterocycles. The molecule has 1 aromatic rings. The van der Waals surface area contributed by atoms with Crippen LogP contribution in [0, 0.1) is 5.92 Å². The van der Waals surface area contributed by atoms with Crippen LogP contribution in [0.1, 0.15) is 42.7 Å². The predicted octanol–water partition coefficient (Wildman–Crippen LogP) is 1.54. The summed E-state index contributed by atoms with van der Waals surface area (Å²) in [6, 6.07) is 2.65. The molecule has 1 aromatic heterocycles. The third-order valence-electron chi connectivity index (χ3n) is 3.47. The Morgan fingerprint density at radius 1 is 1.56 bits per heavy atom. The van der Waals surface area contributed by atoms with Crippen LogP contribution in [0.3, 0.4) is 0 Å². The van der Waals surface area contributed by atoms with E-state index in [1.807, 2.05) is 10.8 Å². The minimum Gasteiger partial charge on any atom is -0.397 e. The lowest BCUT2D eigenvalue weighted by Crippen LogP contribution is -2.28. The van der Waals surface area contributed by atoms with E-state index >= 15 is 0 Å². The van der Waals surface area contributed by atoms with Gasteiger partial charge in [0.05, 0.1) is 5.69 Å². The van der Waals surface area contributed by atoms with Crippen LogP contribution in [0.15, 0.2) is 12.3 Å². The summed E-state index contributed by atoms with van der Waals surface area (Å²) in [5.41, 5.74) is 7.16. The molecule has 86 valence electrons. The standard InChI is InChI=1S/C12H17N3O/c1-7-4-10(7)14-12(16)11-5-8(13)6-15(11)9-2-3-9/h5-7,9-10H,2-4,13H2,1H3,(H,14,16). The molecule has 1 heterocycles. The van der Waals surface area contributed by atoms with Gasteiger partial charge in [-0.05, 0) is 31.2 Å². The highest BCUT2D eigenvalue weighted by atomic mass is 16.2. The van der Waals surface area contributed by atoms with E-state index in [0.717, 1.165) is 25.0 Å². The van der Waals surface area contributed by atoms with Gasteiger partial charge in [-0.3, -0.25) is 4.79 Å². The van der Waals surface area contributed by atoms with Crippen molar-refractivity contribution in [2.75, 3.05) is 5.73 Å². The molecule has 0 aromatic carbocycles. The zero-order valence-electron chi connectivity index (χ0n) is 9.44. The Balaban J connectivity index is 1.78. The Kier molecular flexibility index (Phi) is 1.99. The number of nitrogens with zero attached hydrogens (tertiary/aromatic N) is 1. The Labute approximate surface area is 94.8 Å². The molecule has 0 bridgehead atoms. The molecule has 2 fully saturated rings. The minimum atomic E-state index is 0.0259. The van der Waals surface area contributed by atoms with Crippen LogP contribution in [-0.4, -0.2) is 16.5 Å². The zero-order chi connectivity index (χ0) is 11.3. The van der Waals surface area contributed by atoms with Gasteiger partial charge < -0.3 is 15.6 Å². The van der Waals surface area contributed by atoms with E-state index in [1.54, 1.807) is 6.07 Å². The average molecular weight is 219 g/mol. The van der Waals surface area contributed by atoms with E-state index in [0.29, 0.717) is 23.7 Å². The number of anilines is 1. The lowest BCUT2D eigenvalue weighted by molar-refractivity contribution is 0.0940. The van der Waals surface area contributed by atoms with Crippen LogP contribution in [0.5, 0.6) is 0 Å². The number of hydrogen-bond donors (Lipinski definition) is 2. The number of nitrogen functional groups attached to an aromatic ring is 1. The lowest BCUT2D eigenvalue weighted by Gasteiger charge is -2.07. The van der Waals surface area contributed by atoms with E-state index in [2.05, 4.69) is 12.2 Å². The van der Waals surface area contributed by atoms with Gasteiger partial charge in [0.25, 0.3) is 5.91 Å². The molecule has 0 saturated heterocycles. The fourth-order valence-electron chi connectivity index (χ4n) is 2.10. The molecule has 0 spiro atoms. The highest BCUT2D eigenvalue weighted by molar-refractivity contribution is 5.94. The molecule has 3 rings (SSSR count). The first-order chi connectivity index (χ1) is 7.65. The van der Waals surface area contributed by atoms with Gasteiger partial charge in [-0.25, -0.2) is 0 Å². The molecule has 3 N–H and O–H groups in total. The molecule has 2 saturated carbocycles. The van der Waals surface area contributed by atoms with E-state index in [4.69, 9.17) is 5.73 Å². The van der Waals surface area contributed by atoms with Crippen molar-refractivity contribution in [2.45, 2.75) is 38.3 Å². The summed E-state index contributed by atoms with van der Waals surface area (Å²) in [6.45, 7) is 2.15. The number of carbonyl (C=O) groups is 1. The number of amides is 1. The van der Waals surface area contributed by atoms with E-state index < -0.39 is 0 Å². The number of rotatable bonds is 3. The van der Waals surface area contributed by atoms with Gasteiger partial charge >= 0.3 is 0 Å². The van der Waals surface area contributed by atoms with Crippen LogP contribution < -0.4 is 11.1 Å². The summed E-state index contributed by atoms with van der Waals surface area (Å²) in [4.78, 5) is 12.0. The topological polar surface area (TPSA) is 60.1 Å². The maximum absolute atomic E-state index is 12.0. The summed E-state index contributed by atoms with van der Waals surface area (Å²) in [5.74, 6) is 0.656. The Hall–Kier alpha value is -1.45. The molecule has 2 aliphatic rings. The van der Waals surface area contributed by atoms with Gasteiger partial charge in [-0.15, -0.1) is 0 Å². The average Bonchev–Trinajstić information content (AvgIpc) is 3.12. The Morgan fingerprint density at radius 3 is 2.81 bits per heavy atom. The largest absolute Gasteiger partial charge is 0.397 e. The van der Waals surface area contributed by atoms with Gasteiger partial charge in [0.1, 0.15) is 5.69 Å². The van der Waals surface area contributed by atoms with Gasteiger partial charge in [0.15, 0.2) is 0 Å². The van der Waals surface area contributed by atoms with E-state index in [1.165, 1.54) is 0 Å². The first-order valence-electron chi connectivity index (χ1n) is 5.93. The molecular weight excluding hydrogens is 202 g/mol. The van der Waals surface area contributed by atoms with Gasteiger partial charge in [-0.1, -0.05) is 6.92 Å². The Morgan fingerprint density at radius 2 is 2.25 bits per heavy atom. The van der Waals surface area contributed by atoms with Crippen LogP contribution in [-0.2, 0) is 0 Å². The van der Waals surface area contributed by atoms with Crippen LogP contribution in [0.2, 0.25) is 0 Å². The fraction of sp³-hybridized carbons (Fsp3) is 0.583. The number of hydrogen-bond acceptors (Lipinski definition) is 2. The van der Waals surface area contributed by atoms with Crippen LogP contribution in [0.4, 0.5) is 5.69 Å². The normalized spacial score (nSPS) is 27.8. The molecule has 0 radical (unpaired) electrons. The molecule has 16 heavy (non-hydrogen) atoms. The van der Waals surface area contributed by atoms with Gasteiger partial charge in [0.2, 0.25) is 0 Å². The third-order valence-corrected chi connectivity index (χ3v) is 3.47. The van der Waals surface area contributed by atoms with Crippen molar-refractivity contribution in [3.63, 3.8) is 0 Å². The quantitative estimate of drug-likeness (QED) is 0.810.